The van der Waals surface area contributed by atoms with Gasteiger partial charge in [-0.15, -0.1) is 0 Å². The molecule has 1 aromatic carbocycles. The second-order valence-electron chi connectivity index (χ2n) is 5.98. The summed E-state index contributed by atoms with van der Waals surface area (Å²) in [5.74, 6) is -1.42. The second kappa shape index (κ2) is 7.19. The monoisotopic (exact) mass is 416 g/mol. The van der Waals surface area contributed by atoms with Gasteiger partial charge in [0.25, 0.3) is 5.69 Å². The maximum Gasteiger partial charge on any atom is 0.281 e. The van der Waals surface area contributed by atoms with Gasteiger partial charge in [0, 0.05) is 18.7 Å². The van der Waals surface area contributed by atoms with Gasteiger partial charge in [-0.05, 0) is 25.0 Å². The smallest absolute Gasteiger partial charge is 0.281 e. The van der Waals surface area contributed by atoms with Crippen LogP contribution in [-0.4, -0.2) is 50.9 Å². The number of carbonyl (C=O) groups is 1. The zero-order valence-corrected chi connectivity index (χ0v) is 16.0. The van der Waals surface area contributed by atoms with E-state index < -0.39 is 53.2 Å². The van der Waals surface area contributed by atoms with Crippen molar-refractivity contribution >= 4 is 42.8 Å². The number of sulfonamides is 1. The first kappa shape index (κ1) is 20.7. The number of aliphatic hydroxyl groups is 1. The molecule has 1 aromatic rings. The maximum absolute atomic E-state index is 12.3. The van der Waals surface area contributed by atoms with Crippen molar-refractivity contribution in [1.82, 2.24) is 0 Å². The largest absolute Gasteiger partial charge is 0.506 e. The van der Waals surface area contributed by atoms with Crippen LogP contribution in [0.5, 0.6) is 0 Å². The standard InChI is InChI=1S/C15H16N2O8S2/c1-26(22,23)9-6-7-10(12(8-9)17(20)21)15(19)14-11(16-27(2,24)25)4-3-5-13(14)18/h6-8,19H,3-5H2,1-2H3. The molecular formula is C15H16N2O8S2. The Morgan fingerprint density at radius 1 is 1.19 bits per heavy atom. The fraction of sp³-hybridized carbons (Fsp3) is 0.333. The number of nitrogens with zero attached hydrogens (tertiary/aromatic N) is 2. The maximum atomic E-state index is 12.3. The Kier molecular flexibility index (Phi) is 5.52. The summed E-state index contributed by atoms with van der Waals surface area (Å²) in [4.78, 5) is 22.4. The van der Waals surface area contributed by atoms with E-state index in [1.807, 2.05) is 0 Å². The van der Waals surface area contributed by atoms with E-state index in [1.165, 1.54) is 0 Å². The summed E-state index contributed by atoms with van der Waals surface area (Å²) in [6, 6.07) is 2.81. The molecule has 10 nitrogen and oxygen atoms in total. The van der Waals surface area contributed by atoms with Gasteiger partial charge >= 0.3 is 0 Å². The molecule has 2 rings (SSSR count). The number of nitro benzene ring substituents is 1. The van der Waals surface area contributed by atoms with Gasteiger partial charge in [-0.3, -0.25) is 14.9 Å². The Hall–Kier alpha value is -2.60. The molecule has 1 saturated carbocycles. The number of hydrogen-bond acceptors (Lipinski definition) is 8. The molecular weight excluding hydrogens is 400 g/mol. The van der Waals surface area contributed by atoms with E-state index in [1.54, 1.807) is 0 Å². The van der Waals surface area contributed by atoms with Crippen LogP contribution in [0.25, 0.3) is 5.76 Å². The first-order chi connectivity index (χ1) is 12.3. The SMILES string of the molecule is CS(=O)(=O)N=C1CCCC(=O)C1=C(O)c1ccc(S(C)(=O)=O)cc1[N+](=O)[O-]. The summed E-state index contributed by atoms with van der Waals surface area (Å²) in [6.07, 6.45) is 2.10. The Balaban J connectivity index is 2.79. The molecule has 1 N–H and O–H groups in total. The molecule has 146 valence electrons. The first-order valence-electron chi connectivity index (χ1n) is 7.56. The van der Waals surface area contributed by atoms with E-state index in [0.717, 1.165) is 30.7 Å². The van der Waals surface area contributed by atoms with E-state index in [-0.39, 0.29) is 23.4 Å². The van der Waals surface area contributed by atoms with E-state index in [0.29, 0.717) is 6.42 Å². The summed E-state index contributed by atoms with van der Waals surface area (Å²) in [5, 5.41) is 21.9. The Morgan fingerprint density at radius 3 is 2.33 bits per heavy atom. The fourth-order valence-electron chi connectivity index (χ4n) is 2.62. The Morgan fingerprint density at radius 2 is 1.81 bits per heavy atom. The van der Waals surface area contributed by atoms with Gasteiger partial charge in [0.15, 0.2) is 15.6 Å². The average molecular weight is 416 g/mol. The van der Waals surface area contributed by atoms with Crippen LogP contribution in [0.1, 0.15) is 24.8 Å². The molecule has 0 radical (unpaired) electrons. The molecule has 0 atom stereocenters. The highest BCUT2D eigenvalue weighted by atomic mass is 32.2. The number of hydrogen-bond donors (Lipinski definition) is 1. The molecule has 0 unspecified atom stereocenters. The highest BCUT2D eigenvalue weighted by Gasteiger charge is 2.30. The van der Waals surface area contributed by atoms with E-state index >= 15 is 0 Å². The van der Waals surface area contributed by atoms with Gasteiger partial charge in [0.05, 0.1) is 32.9 Å². The van der Waals surface area contributed by atoms with Crippen LogP contribution in [-0.2, 0) is 24.7 Å². The van der Waals surface area contributed by atoms with Crippen LogP contribution in [0.2, 0.25) is 0 Å². The van der Waals surface area contributed by atoms with Crippen LogP contribution in [0, 0.1) is 10.1 Å². The number of sulfone groups is 1. The van der Waals surface area contributed by atoms with Gasteiger partial charge < -0.3 is 5.11 Å². The molecule has 27 heavy (non-hydrogen) atoms. The summed E-state index contributed by atoms with van der Waals surface area (Å²) in [5.41, 5.74) is -1.74. The van der Waals surface area contributed by atoms with E-state index in [4.69, 9.17) is 0 Å². The van der Waals surface area contributed by atoms with Crippen molar-refractivity contribution < 1.29 is 31.7 Å². The van der Waals surface area contributed by atoms with Crippen molar-refractivity contribution in [2.75, 3.05) is 12.5 Å². The third-order valence-corrected chi connectivity index (χ3v) is 5.41. The normalized spacial score (nSPS) is 19.2. The Labute approximate surface area is 155 Å². The van der Waals surface area contributed by atoms with E-state index in [2.05, 4.69) is 4.40 Å². The number of nitro groups is 1. The topological polar surface area (TPSA) is 161 Å². The molecule has 1 fully saturated rings. The van der Waals surface area contributed by atoms with Crippen LogP contribution in [0.4, 0.5) is 5.69 Å². The van der Waals surface area contributed by atoms with Crippen molar-refractivity contribution in [3.8, 4) is 0 Å². The molecule has 0 bridgehead atoms. The van der Waals surface area contributed by atoms with Gasteiger partial charge in [0.1, 0.15) is 5.76 Å². The number of Topliss-reactive ketones (excluding diaryl/α,β-unsaturated/α-hetero) is 1. The predicted molar refractivity (Wildman–Crippen MR) is 96.9 cm³/mol. The lowest BCUT2D eigenvalue weighted by molar-refractivity contribution is -0.385. The van der Waals surface area contributed by atoms with Crippen LogP contribution >= 0.6 is 0 Å². The van der Waals surface area contributed by atoms with Crippen molar-refractivity contribution in [1.29, 1.82) is 0 Å². The zero-order valence-electron chi connectivity index (χ0n) is 14.4. The van der Waals surface area contributed by atoms with Crippen molar-refractivity contribution in [2.45, 2.75) is 24.2 Å². The lowest BCUT2D eigenvalue weighted by Gasteiger charge is -2.17. The second-order valence-corrected chi connectivity index (χ2v) is 9.64. The minimum atomic E-state index is -3.87. The summed E-state index contributed by atoms with van der Waals surface area (Å²) in [6.45, 7) is 0. The highest BCUT2D eigenvalue weighted by molar-refractivity contribution is 7.90. The van der Waals surface area contributed by atoms with Crippen molar-refractivity contribution in [3.63, 3.8) is 0 Å². The molecule has 0 amide bonds. The molecule has 12 heteroatoms. The number of ketones is 1. The average Bonchev–Trinajstić information content (AvgIpc) is 2.51. The molecule has 0 saturated heterocycles. The van der Waals surface area contributed by atoms with Crippen molar-refractivity contribution in [3.05, 3.63) is 39.4 Å². The lowest BCUT2D eigenvalue weighted by atomic mass is 9.89. The van der Waals surface area contributed by atoms with Crippen LogP contribution < -0.4 is 0 Å². The van der Waals surface area contributed by atoms with E-state index in [9.17, 15) is 36.9 Å². The van der Waals surface area contributed by atoms with Gasteiger partial charge in [0.2, 0.25) is 10.0 Å². The van der Waals surface area contributed by atoms with Gasteiger partial charge in [-0.2, -0.15) is 4.40 Å². The third kappa shape index (κ3) is 4.77. The number of rotatable bonds is 4. The summed E-state index contributed by atoms with van der Waals surface area (Å²) < 4.78 is 49.6. The summed E-state index contributed by atoms with van der Waals surface area (Å²) >= 11 is 0. The quantitative estimate of drug-likeness (QED) is 0.333. The molecule has 0 aliphatic heterocycles. The minimum Gasteiger partial charge on any atom is -0.506 e. The molecule has 1 aliphatic rings. The predicted octanol–water partition coefficient (Wildman–Crippen LogP) is 1.42. The van der Waals surface area contributed by atoms with Gasteiger partial charge in [-0.1, -0.05) is 0 Å². The van der Waals surface area contributed by atoms with Gasteiger partial charge in [-0.25, -0.2) is 16.8 Å². The molecule has 0 heterocycles. The number of allylic oxidation sites excluding steroid dienone is 1. The molecule has 0 spiro atoms. The number of carbonyl (C=O) groups excluding carboxylic acids is 1. The van der Waals surface area contributed by atoms with Crippen LogP contribution in [0.15, 0.2) is 33.1 Å². The molecule has 0 aromatic heterocycles. The lowest BCUT2D eigenvalue weighted by Crippen LogP contribution is -2.22. The number of aliphatic hydroxyl groups excluding tert-OH is 1. The fourth-order valence-corrected chi connectivity index (χ4v) is 3.84. The van der Waals surface area contributed by atoms with Crippen molar-refractivity contribution in [2.24, 2.45) is 4.40 Å². The molecule has 1 aliphatic carbocycles. The Bertz CT molecular complexity index is 1100. The minimum absolute atomic E-state index is 0.0113. The third-order valence-electron chi connectivity index (χ3n) is 3.75. The van der Waals surface area contributed by atoms with Crippen LogP contribution in [0.3, 0.4) is 0 Å². The first-order valence-corrected chi connectivity index (χ1v) is 11.3. The highest BCUT2D eigenvalue weighted by Crippen LogP contribution is 2.32. The number of benzene rings is 1. The summed E-state index contributed by atoms with van der Waals surface area (Å²) in [7, 11) is -7.61. The zero-order chi connectivity index (χ0) is 20.6.